The molecule has 2 N–H and O–H groups in total. The Morgan fingerprint density at radius 2 is 0.840 bits per heavy atom. The molecule has 0 aromatic heterocycles. The van der Waals surface area contributed by atoms with Gasteiger partial charge in [0.2, 0.25) is 0 Å². The lowest BCUT2D eigenvalue weighted by Gasteiger charge is -2.08. The van der Waals surface area contributed by atoms with Gasteiger partial charge in [0.25, 0.3) is 0 Å². The molecule has 1 saturated heterocycles. The monoisotopic (exact) mass is 353 g/mol. The first-order valence-corrected chi connectivity index (χ1v) is 11.5. The summed E-state index contributed by atoms with van der Waals surface area (Å²) >= 11 is 0. The van der Waals surface area contributed by atoms with E-state index in [1.54, 1.807) is 0 Å². The first-order chi connectivity index (χ1) is 12.0. The summed E-state index contributed by atoms with van der Waals surface area (Å²) < 4.78 is 5.60. The third-order valence-corrected chi connectivity index (χ3v) is 6.07. The molecule has 1 atom stereocenters. The summed E-state index contributed by atoms with van der Waals surface area (Å²) in [5.41, 5.74) is 5.77. The molecule has 0 bridgehead atoms. The van der Waals surface area contributed by atoms with E-state index in [0.29, 0.717) is 0 Å². The highest BCUT2D eigenvalue weighted by Gasteiger charge is 2.60. The van der Waals surface area contributed by atoms with Crippen molar-refractivity contribution in [3.63, 3.8) is 0 Å². The first kappa shape index (κ1) is 23.0. The van der Waals surface area contributed by atoms with Gasteiger partial charge >= 0.3 is 0 Å². The standard InChI is InChI=1S/C23H47NO/c1-4-5-6-7-8-9-10-11-12-13-14-15-16-17-18-19-20-21-23(24)22(2,3)25-23/h4-21,24H2,1-3H3. The molecule has 2 nitrogen and oxygen atoms in total. The predicted molar refractivity (Wildman–Crippen MR) is 111 cm³/mol. The van der Waals surface area contributed by atoms with E-state index in [1.807, 2.05) is 0 Å². The van der Waals surface area contributed by atoms with E-state index in [9.17, 15) is 0 Å². The number of hydrogen-bond donors (Lipinski definition) is 1. The van der Waals surface area contributed by atoms with Gasteiger partial charge in [0.05, 0.1) is 0 Å². The molecule has 0 amide bonds. The number of epoxide rings is 1. The van der Waals surface area contributed by atoms with E-state index >= 15 is 0 Å². The van der Waals surface area contributed by atoms with Crippen LogP contribution < -0.4 is 5.73 Å². The lowest BCUT2D eigenvalue weighted by molar-refractivity contribution is 0.265. The van der Waals surface area contributed by atoms with Crippen molar-refractivity contribution in [1.82, 2.24) is 0 Å². The highest BCUT2D eigenvalue weighted by Crippen LogP contribution is 2.46. The minimum Gasteiger partial charge on any atom is -0.347 e. The van der Waals surface area contributed by atoms with Crippen molar-refractivity contribution in [2.75, 3.05) is 0 Å². The van der Waals surface area contributed by atoms with E-state index in [2.05, 4.69) is 20.8 Å². The fourth-order valence-electron chi connectivity index (χ4n) is 3.89. The van der Waals surface area contributed by atoms with Crippen molar-refractivity contribution in [2.45, 2.75) is 148 Å². The predicted octanol–water partition coefficient (Wildman–Crippen LogP) is 7.49. The van der Waals surface area contributed by atoms with Gasteiger partial charge in [0.1, 0.15) is 11.3 Å². The highest BCUT2D eigenvalue weighted by atomic mass is 16.6. The summed E-state index contributed by atoms with van der Waals surface area (Å²) in [7, 11) is 0. The fourth-order valence-corrected chi connectivity index (χ4v) is 3.89. The van der Waals surface area contributed by atoms with Gasteiger partial charge in [-0.1, -0.05) is 110 Å². The molecule has 0 aromatic rings. The molecule has 0 spiro atoms. The van der Waals surface area contributed by atoms with Crippen molar-refractivity contribution >= 4 is 0 Å². The quantitative estimate of drug-likeness (QED) is 0.205. The smallest absolute Gasteiger partial charge is 0.146 e. The number of hydrogen-bond acceptors (Lipinski definition) is 2. The molecule has 0 aromatic carbocycles. The van der Waals surface area contributed by atoms with Crippen LogP contribution in [0.2, 0.25) is 0 Å². The molecular formula is C23H47NO. The van der Waals surface area contributed by atoms with Gasteiger partial charge in [-0.3, -0.25) is 0 Å². The summed E-state index contributed by atoms with van der Waals surface area (Å²) in [4.78, 5) is 0. The van der Waals surface area contributed by atoms with Gasteiger partial charge in [-0.05, 0) is 26.7 Å². The topological polar surface area (TPSA) is 38.5 Å². The van der Waals surface area contributed by atoms with Gasteiger partial charge in [0.15, 0.2) is 0 Å². The summed E-state index contributed by atoms with van der Waals surface area (Å²) in [6.45, 7) is 6.49. The lowest BCUT2D eigenvalue weighted by Crippen LogP contribution is -2.31. The average molecular weight is 354 g/mol. The van der Waals surface area contributed by atoms with Crippen LogP contribution in [0, 0.1) is 0 Å². The number of unbranched alkanes of at least 4 members (excludes halogenated alkanes) is 16. The highest BCUT2D eigenvalue weighted by molar-refractivity contribution is 5.05. The maximum absolute atomic E-state index is 6.17. The van der Waals surface area contributed by atoms with Crippen molar-refractivity contribution in [3.8, 4) is 0 Å². The molecule has 1 rings (SSSR count). The molecular weight excluding hydrogens is 306 g/mol. The largest absolute Gasteiger partial charge is 0.347 e. The van der Waals surface area contributed by atoms with Crippen LogP contribution >= 0.6 is 0 Å². The Kier molecular flexibility index (Phi) is 12.1. The Morgan fingerprint density at radius 3 is 1.12 bits per heavy atom. The minimum atomic E-state index is -0.317. The second-order valence-electron chi connectivity index (χ2n) is 8.91. The van der Waals surface area contributed by atoms with E-state index in [0.717, 1.165) is 6.42 Å². The average Bonchev–Trinajstić information content (AvgIpc) is 3.08. The van der Waals surface area contributed by atoms with Crippen molar-refractivity contribution in [1.29, 1.82) is 0 Å². The number of ether oxygens (including phenoxy) is 1. The summed E-state index contributed by atoms with van der Waals surface area (Å²) in [5.74, 6) is 0. The molecule has 150 valence electrons. The van der Waals surface area contributed by atoms with E-state index in [1.165, 1.54) is 109 Å². The summed E-state index contributed by atoms with van der Waals surface area (Å²) in [5, 5.41) is 0. The number of rotatable bonds is 18. The van der Waals surface area contributed by atoms with Crippen LogP contribution in [0.3, 0.4) is 0 Å². The Labute approximate surface area is 158 Å². The lowest BCUT2D eigenvalue weighted by atomic mass is 9.98. The third-order valence-electron chi connectivity index (χ3n) is 6.07. The van der Waals surface area contributed by atoms with E-state index in [4.69, 9.17) is 10.5 Å². The van der Waals surface area contributed by atoms with Crippen molar-refractivity contribution in [3.05, 3.63) is 0 Å². The normalized spacial score (nSPS) is 21.6. The first-order valence-electron chi connectivity index (χ1n) is 11.5. The minimum absolute atomic E-state index is 0.0813. The molecule has 1 unspecified atom stereocenters. The van der Waals surface area contributed by atoms with Gasteiger partial charge in [-0.15, -0.1) is 0 Å². The fraction of sp³-hybridized carbons (Fsp3) is 1.00. The van der Waals surface area contributed by atoms with Gasteiger partial charge < -0.3 is 10.5 Å². The third kappa shape index (κ3) is 10.6. The molecule has 1 heterocycles. The van der Waals surface area contributed by atoms with Gasteiger partial charge in [-0.25, -0.2) is 0 Å². The van der Waals surface area contributed by atoms with Crippen LogP contribution in [0.15, 0.2) is 0 Å². The zero-order valence-electron chi connectivity index (χ0n) is 17.7. The van der Waals surface area contributed by atoms with E-state index in [-0.39, 0.29) is 11.3 Å². The molecule has 0 aliphatic carbocycles. The van der Waals surface area contributed by atoms with Crippen molar-refractivity contribution < 1.29 is 4.74 Å². The maximum Gasteiger partial charge on any atom is 0.146 e. The van der Waals surface area contributed by atoms with Crippen LogP contribution in [0.1, 0.15) is 136 Å². The SMILES string of the molecule is CCCCCCCCCCCCCCCCCCCC1(N)OC1(C)C. The van der Waals surface area contributed by atoms with E-state index < -0.39 is 0 Å². The van der Waals surface area contributed by atoms with Crippen LogP contribution in [-0.2, 0) is 4.74 Å². The Hall–Kier alpha value is -0.0800. The van der Waals surface area contributed by atoms with Crippen molar-refractivity contribution in [2.24, 2.45) is 5.73 Å². The van der Waals surface area contributed by atoms with Crippen LogP contribution in [0.5, 0.6) is 0 Å². The summed E-state index contributed by atoms with van der Waals surface area (Å²) in [6.07, 6.45) is 25.1. The second-order valence-corrected chi connectivity index (χ2v) is 8.91. The maximum atomic E-state index is 6.17. The molecule has 1 fully saturated rings. The molecule has 0 radical (unpaired) electrons. The Bertz CT molecular complexity index is 315. The zero-order chi connectivity index (χ0) is 18.4. The molecule has 1 aliphatic rings. The number of nitrogens with two attached hydrogens (primary N) is 1. The zero-order valence-corrected chi connectivity index (χ0v) is 17.7. The van der Waals surface area contributed by atoms with Gasteiger partial charge in [-0.2, -0.15) is 0 Å². The van der Waals surface area contributed by atoms with Crippen LogP contribution in [0.25, 0.3) is 0 Å². The molecule has 0 saturated carbocycles. The summed E-state index contributed by atoms with van der Waals surface area (Å²) in [6, 6.07) is 0. The van der Waals surface area contributed by atoms with Crippen LogP contribution in [-0.4, -0.2) is 11.3 Å². The second kappa shape index (κ2) is 13.1. The molecule has 1 aliphatic heterocycles. The Morgan fingerprint density at radius 1 is 0.560 bits per heavy atom. The van der Waals surface area contributed by atoms with Crippen LogP contribution in [0.4, 0.5) is 0 Å². The Balaban J connectivity index is 1.68. The molecule has 2 heteroatoms. The van der Waals surface area contributed by atoms with Gasteiger partial charge in [0, 0.05) is 0 Å². The molecule has 25 heavy (non-hydrogen) atoms.